The summed E-state index contributed by atoms with van der Waals surface area (Å²) in [7, 11) is 0. The Bertz CT molecular complexity index is 1200. The quantitative estimate of drug-likeness (QED) is 0.0548. The van der Waals surface area contributed by atoms with Gasteiger partial charge in [0.2, 0.25) is 0 Å². The molecule has 1 unspecified atom stereocenters. The fourth-order valence-corrected chi connectivity index (χ4v) is 5.66. The van der Waals surface area contributed by atoms with E-state index in [0.29, 0.717) is 0 Å². The molecule has 2 heterocycles. The summed E-state index contributed by atoms with van der Waals surface area (Å²) in [6, 6.07) is -4.62. The molecule has 3 rings (SSSR count). The van der Waals surface area contributed by atoms with Gasteiger partial charge < -0.3 is 102 Å². The smallest absolute Gasteiger partial charge is 0.199 e. The number of aliphatic imine (C=N–C) groups is 5. The first-order valence-electron chi connectivity index (χ1n) is 14.4. The summed E-state index contributed by atoms with van der Waals surface area (Å²) < 4.78 is 23.9. The van der Waals surface area contributed by atoms with Crippen LogP contribution in [0.25, 0.3) is 0 Å². The van der Waals surface area contributed by atoms with Crippen LogP contribution in [0.4, 0.5) is 0 Å². The topological polar surface area (TPSA) is 460 Å². The van der Waals surface area contributed by atoms with Crippen molar-refractivity contribution >= 4 is 29.8 Å². The van der Waals surface area contributed by atoms with Gasteiger partial charge in [-0.15, -0.1) is 0 Å². The van der Waals surface area contributed by atoms with Gasteiger partial charge >= 0.3 is 0 Å². The number of ether oxygens (including phenoxy) is 4. The Balaban J connectivity index is 2.10. The molecule has 25 N–H and O–H groups in total. The van der Waals surface area contributed by atoms with Crippen LogP contribution in [-0.4, -0.2) is 148 Å². The van der Waals surface area contributed by atoms with Crippen LogP contribution in [0.1, 0.15) is 19.3 Å². The van der Waals surface area contributed by atoms with Crippen molar-refractivity contribution in [1.29, 1.82) is 0 Å². The van der Waals surface area contributed by atoms with E-state index in [9.17, 15) is 25.5 Å². The minimum Gasteiger partial charge on any atom is -0.394 e. The highest BCUT2D eigenvalue weighted by atomic mass is 16.8. The van der Waals surface area contributed by atoms with Crippen molar-refractivity contribution in [2.45, 2.75) is 98.4 Å². The lowest BCUT2D eigenvalue weighted by atomic mass is 9.83. The molecule has 0 amide bonds. The number of guanidine groups is 5. The van der Waals surface area contributed by atoms with Crippen LogP contribution in [0, 0.1) is 0 Å². The molecule has 47 heavy (non-hydrogen) atoms. The van der Waals surface area contributed by atoms with E-state index in [4.69, 9.17) is 76.3 Å². The molecule has 0 aromatic carbocycles. The first-order valence-corrected chi connectivity index (χ1v) is 14.4. The second-order valence-electron chi connectivity index (χ2n) is 11.3. The fourth-order valence-electron chi connectivity index (χ4n) is 5.66. The maximum absolute atomic E-state index is 12.3. The van der Waals surface area contributed by atoms with Crippen molar-refractivity contribution in [2.75, 3.05) is 13.2 Å². The highest BCUT2D eigenvalue weighted by molar-refractivity contribution is 5.77. The number of aliphatic hydroxyl groups is 5. The molecular weight excluding hydrogens is 630 g/mol. The molecule has 0 aromatic rings. The number of nitrogens with two attached hydrogens (primary N) is 10. The molecule has 2 saturated heterocycles. The Labute approximate surface area is 268 Å². The zero-order valence-corrected chi connectivity index (χ0v) is 25.3. The molecule has 0 spiro atoms. The van der Waals surface area contributed by atoms with E-state index in [1.54, 1.807) is 0 Å². The van der Waals surface area contributed by atoms with Crippen molar-refractivity contribution < 1.29 is 44.5 Å². The number of nitrogens with zero attached hydrogens (tertiary/aromatic N) is 5. The second kappa shape index (κ2) is 15.7. The molecule has 0 aromatic heterocycles. The molecule has 268 valence electrons. The molecule has 3 fully saturated rings. The van der Waals surface area contributed by atoms with Crippen molar-refractivity contribution in [2.24, 2.45) is 82.3 Å². The van der Waals surface area contributed by atoms with Gasteiger partial charge in [-0.2, -0.15) is 0 Å². The summed E-state index contributed by atoms with van der Waals surface area (Å²) >= 11 is 0. The fraction of sp³-hybridized carbons (Fsp3) is 0.783. The highest BCUT2D eigenvalue weighted by Crippen LogP contribution is 2.40. The molecule has 24 nitrogen and oxygen atoms in total. The zero-order valence-electron chi connectivity index (χ0n) is 25.3. The highest BCUT2D eigenvalue weighted by Gasteiger charge is 2.56. The number of hydrogen-bond acceptors (Lipinski definition) is 14. The van der Waals surface area contributed by atoms with Gasteiger partial charge in [-0.25, -0.2) is 15.0 Å². The molecule has 13 atom stereocenters. The summed E-state index contributed by atoms with van der Waals surface area (Å²) in [5.41, 5.74) is 55.8. The maximum Gasteiger partial charge on any atom is 0.199 e. The number of aliphatic hydroxyl groups excluding tert-OH is 4. The van der Waals surface area contributed by atoms with Gasteiger partial charge in [-0.05, 0) is 6.42 Å². The van der Waals surface area contributed by atoms with Crippen molar-refractivity contribution in [1.82, 2.24) is 0 Å². The Hall–Kier alpha value is -4.01. The lowest BCUT2D eigenvalue weighted by Gasteiger charge is -2.50. The van der Waals surface area contributed by atoms with Gasteiger partial charge in [0.05, 0.1) is 31.3 Å². The lowest BCUT2D eigenvalue weighted by Crippen LogP contribution is -2.66. The summed E-state index contributed by atoms with van der Waals surface area (Å²) in [5, 5.41) is 54.6. The largest absolute Gasteiger partial charge is 0.394 e. The third-order valence-electron chi connectivity index (χ3n) is 7.53. The first-order chi connectivity index (χ1) is 21.9. The Kier molecular flexibility index (Phi) is 12.5. The van der Waals surface area contributed by atoms with E-state index < -0.39 is 104 Å². The second-order valence-corrected chi connectivity index (χ2v) is 11.3. The third-order valence-corrected chi connectivity index (χ3v) is 7.53. The van der Waals surface area contributed by atoms with E-state index in [-0.39, 0.29) is 37.3 Å². The van der Waals surface area contributed by atoms with Crippen LogP contribution >= 0.6 is 0 Å². The van der Waals surface area contributed by atoms with E-state index in [1.165, 1.54) is 0 Å². The van der Waals surface area contributed by atoms with E-state index in [0.717, 1.165) is 0 Å². The molecule has 3 aliphatic rings. The normalized spacial score (nSPS) is 38.7. The number of hydrogen-bond donors (Lipinski definition) is 15. The molecule has 1 aliphatic carbocycles. The third kappa shape index (κ3) is 9.75. The van der Waals surface area contributed by atoms with Crippen LogP contribution in [0.2, 0.25) is 0 Å². The minimum absolute atomic E-state index is 0.0347. The summed E-state index contributed by atoms with van der Waals surface area (Å²) in [4.78, 5) is 20.1. The molecule has 0 radical (unpaired) electrons. The van der Waals surface area contributed by atoms with Crippen LogP contribution in [0.3, 0.4) is 0 Å². The molecule has 1 saturated carbocycles. The average Bonchev–Trinajstić information content (AvgIpc) is 2.93. The lowest BCUT2D eigenvalue weighted by molar-refractivity contribution is -0.386. The SMILES string of the molecule is NC(N)=NC[C@H]1O[C@H](O[C@]2(O)C[C@@H](N=C(N)N)C[C@@H](N=C(N)N)[C@@H]2OC2O[C@H](CO)[C@@H](O)[C@@H](N=C(N)N)[C@H]2O)[C@H](N=C(N)N)C[C@@H]1O. The van der Waals surface area contributed by atoms with Crippen LogP contribution in [0.5, 0.6) is 0 Å². The van der Waals surface area contributed by atoms with Crippen molar-refractivity contribution in [3.8, 4) is 0 Å². The van der Waals surface area contributed by atoms with Gasteiger partial charge in [-0.3, -0.25) is 9.98 Å². The van der Waals surface area contributed by atoms with Crippen LogP contribution < -0.4 is 57.3 Å². The summed E-state index contributed by atoms with van der Waals surface area (Å²) in [6.45, 7) is -0.947. The summed E-state index contributed by atoms with van der Waals surface area (Å²) in [5.74, 6) is -4.43. The Morgan fingerprint density at radius 1 is 0.702 bits per heavy atom. The predicted octanol–water partition coefficient (Wildman–Crippen LogP) is -9.37. The van der Waals surface area contributed by atoms with Gasteiger partial charge in [0, 0.05) is 12.8 Å². The minimum atomic E-state index is -2.50. The monoisotopic (exact) mass is 677 g/mol. The van der Waals surface area contributed by atoms with Gasteiger partial charge in [0.1, 0.15) is 42.6 Å². The predicted molar refractivity (Wildman–Crippen MR) is 166 cm³/mol. The van der Waals surface area contributed by atoms with Crippen molar-refractivity contribution in [3.05, 3.63) is 0 Å². The molecule has 0 bridgehead atoms. The van der Waals surface area contributed by atoms with E-state index in [1.807, 2.05) is 0 Å². The average molecular weight is 678 g/mol. The van der Waals surface area contributed by atoms with Crippen LogP contribution in [0.15, 0.2) is 25.0 Å². The Morgan fingerprint density at radius 3 is 1.83 bits per heavy atom. The van der Waals surface area contributed by atoms with Crippen molar-refractivity contribution in [3.63, 3.8) is 0 Å². The maximum atomic E-state index is 12.3. The van der Waals surface area contributed by atoms with Gasteiger partial charge in [0.25, 0.3) is 0 Å². The summed E-state index contributed by atoms with van der Waals surface area (Å²) in [6.07, 6.45) is -12.3. The zero-order chi connectivity index (χ0) is 35.2. The number of rotatable bonds is 11. The molecular formula is C23H47N15O9. The Morgan fingerprint density at radius 2 is 1.28 bits per heavy atom. The first kappa shape index (κ1) is 37.4. The molecule has 2 aliphatic heterocycles. The van der Waals surface area contributed by atoms with E-state index in [2.05, 4.69) is 25.0 Å². The van der Waals surface area contributed by atoms with Gasteiger partial charge in [-0.1, -0.05) is 0 Å². The van der Waals surface area contributed by atoms with Gasteiger partial charge in [0.15, 0.2) is 48.2 Å². The van der Waals surface area contributed by atoms with Crippen LogP contribution in [-0.2, 0) is 18.9 Å². The molecule has 24 heteroatoms. The van der Waals surface area contributed by atoms with E-state index >= 15 is 0 Å². The standard InChI is InChI=1S/C23H47N15O9/c24-18(25)34-4-10-9(40)2-8(37-21(30)31)16(44-10)47-23(43)3-6(35-19(26)27)1-7(36-20(28)29)15(23)46-17-14(42)12(38-22(32)33)13(41)11(5-39)45-17/h6-17,39-43H,1-5H2,(H4,24,25,34)(H4,26,27,35)(H4,28,29,36)(H4,30,31,37)(H4,32,33,38)/t6-,7+,8+,9-,10+,11+,12+,13+,14+,15-,16+,17?,23+/m0/s1.